The molecule has 0 radical (unpaired) electrons. The van der Waals surface area contributed by atoms with Crippen molar-refractivity contribution in [3.63, 3.8) is 0 Å². The SMILES string of the molecule is CC1CC=CC=C1C(=N)C=C(N)c1cccc(-c2ccccc2)c1. The molecule has 120 valence electrons. The molecule has 24 heavy (non-hydrogen) atoms. The van der Waals surface area contributed by atoms with Gasteiger partial charge in [0.15, 0.2) is 0 Å². The van der Waals surface area contributed by atoms with Gasteiger partial charge in [0.1, 0.15) is 0 Å². The third kappa shape index (κ3) is 3.54. The molecule has 2 aromatic carbocycles. The van der Waals surface area contributed by atoms with Crippen LogP contribution < -0.4 is 5.73 Å². The van der Waals surface area contributed by atoms with Gasteiger partial charge in [-0.25, -0.2) is 0 Å². The zero-order valence-electron chi connectivity index (χ0n) is 13.9. The zero-order chi connectivity index (χ0) is 16.9. The Morgan fingerprint density at radius 1 is 1.08 bits per heavy atom. The van der Waals surface area contributed by atoms with Gasteiger partial charge in [-0.15, -0.1) is 0 Å². The summed E-state index contributed by atoms with van der Waals surface area (Å²) in [6, 6.07) is 18.4. The van der Waals surface area contributed by atoms with Crippen molar-refractivity contribution in [2.24, 2.45) is 11.7 Å². The average Bonchev–Trinajstić information content (AvgIpc) is 2.63. The van der Waals surface area contributed by atoms with E-state index in [9.17, 15) is 0 Å². The topological polar surface area (TPSA) is 49.9 Å². The van der Waals surface area contributed by atoms with Crippen LogP contribution in [0.4, 0.5) is 0 Å². The molecule has 0 amide bonds. The fourth-order valence-electron chi connectivity index (χ4n) is 2.93. The molecule has 0 spiro atoms. The van der Waals surface area contributed by atoms with E-state index >= 15 is 0 Å². The van der Waals surface area contributed by atoms with E-state index in [0.29, 0.717) is 17.3 Å². The van der Waals surface area contributed by atoms with Crippen molar-refractivity contribution in [1.29, 1.82) is 5.41 Å². The minimum absolute atomic E-state index is 0.363. The van der Waals surface area contributed by atoms with Crippen molar-refractivity contribution in [2.45, 2.75) is 13.3 Å². The molecular formula is C22H22N2. The highest BCUT2D eigenvalue weighted by atomic mass is 14.6. The summed E-state index contributed by atoms with van der Waals surface area (Å²) >= 11 is 0. The van der Waals surface area contributed by atoms with Gasteiger partial charge in [-0.05, 0) is 46.7 Å². The Labute approximate surface area is 143 Å². The standard InChI is InChI=1S/C22H22N2/c1-16-8-5-6-13-20(16)22(24)15-21(23)19-12-7-11-18(14-19)17-9-3-2-4-10-17/h2-7,9-16,24H,8,23H2,1H3. The van der Waals surface area contributed by atoms with E-state index in [-0.39, 0.29) is 0 Å². The van der Waals surface area contributed by atoms with Crippen LogP contribution in [0.2, 0.25) is 0 Å². The van der Waals surface area contributed by atoms with Gasteiger partial charge in [-0.1, -0.05) is 73.7 Å². The molecule has 0 aliphatic heterocycles. The molecular weight excluding hydrogens is 292 g/mol. The lowest BCUT2D eigenvalue weighted by atomic mass is 9.89. The number of hydrogen-bond donors (Lipinski definition) is 2. The Kier molecular flexibility index (Phi) is 4.76. The molecule has 2 heteroatoms. The minimum atomic E-state index is 0.363. The Morgan fingerprint density at radius 3 is 2.58 bits per heavy atom. The van der Waals surface area contributed by atoms with E-state index in [2.05, 4.69) is 37.3 Å². The van der Waals surface area contributed by atoms with Gasteiger partial charge in [-0.3, -0.25) is 0 Å². The van der Waals surface area contributed by atoms with Crippen molar-refractivity contribution < 1.29 is 0 Å². The summed E-state index contributed by atoms with van der Waals surface area (Å²) < 4.78 is 0. The fourth-order valence-corrected chi connectivity index (χ4v) is 2.93. The summed E-state index contributed by atoms with van der Waals surface area (Å²) in [5, 5.41) is 8.35. The summed E-state index contributed by atoms with van der Waals surface area (Å²) in [4.78, 5) is 0. The first kappa shape index (κ1) is 16.0. The highest BCUT2D eigenvalue weighted by Crippen LogP contribution is 2.24. The maximum atomic E-state index is 8.35. The van der Waals surface area contributed by atoms with Crippen LogP contribution in [0.1, 0.15) is 18.9 Å². The average molecular weight is 314 g/mol. The number of nitrogens with one attached hydrogen (secondary N) is 1. The molecule has 1 aliphatic carbocycles. The molecule has 1 unspecified atom stereocenters. The van der Waals surface area contributed by atoms with Gasteiger partial charge in [0.05, 0.1) is 5.71 Å². The first-order chi connectivity index (χ1) is 11.6. The Balaban J connectivity index is 1.87. The van der Waals surface area contributed by atoms with E-state index in [0.717, 1.165) is 28.7 Å². The van der Waals surface area contributed by atoms with Crippen molar-refractivity contribution in [2.75, 3.05) is 0 Å². The summed E-state index contributed by atoms with van der Waals surface area (Å²) in [7, 11) is 0. The van der Waals surface area contributed by atoms with Crippen LogP contribution in [0, 0.1) is 11.3 Å². The van der Waals surface area contributed by atoms with E-state index in [1.165, 1.54) is 0 Å². The second kappa shape index (κ2) is 7.14. The fraction of sp³-hybridized carbons (Fsp3) is 0.136. The third-order valence-corrected chi connectivity index (χ3v) is 4.35. The molecule has 0 fully saturated rings. The number of rotatable bonds is 4. The highest BCUT2D eigenvalue weighted by Gasteiger charge is 2.13. The largest absolute Gasteiger partial charge is 0.398 e. The van der Waals surface area contributed by atoms with E-state index in [1.807, 2.05) is 42.5 Å². The molecule has 0 aromatic heterocycles. The normalized spacial score (nSPS) is 17.5. The van der Waals surface area contributed by atoms with Gasteiger partial charge in [0.25, 0.3) is 0 Å². The molecule has 2 nitrogen and oxygen atoms in total. The van der Waals surface area contributed by atoms with Gasteiger partial charge in [-0.2, -0.15) is 0 Å². The van der Waals surface area contributed by atoms with Crippen molar-refractivity contribution in [3.8, 4) is 11.1 Å². The molecule has 3 rings (SSSR count). The van der Waals surface area contributed by atoms with E-state index in [1.54, 1.807) is 6.08 Å². The summed E-state index contributed by atoms with van der Waals surface area (Å²) in [5.74, 6) is 0.363. The Morgan fingerprint density at radius 2 is 1.83 bits per heavy atom. The molecule has 3 N–H and O–H groups in total. The molecule has 0 saturated heterocycles. The van der Waals surface area contributed by atoms with Crippen LogP contribution in [0.15, 0.2) is 84.5 Å². The quantitative estimate of drug-likeness (QED) is 0.749. The predicted octanol–water partition coefficient (Wildman–Crippen LogP) is 5.20. The lowest BCUT2D eigenvalue weighted by Crippen LogP contribution is -2.11. The lowest BCUT2D eigenvalue weighted by molar-refractivity contribution is 0.713. The first-order valence-corrected chi connectivity index (χ1v) is 8.24. The molecule has 1 atom stereocenters. The number of allylic oxidation sites excluding steroid dienone is 5. The number of benzene rings is 2. The van der Waals surface area contributed by atoms with Crippen LogP contribution in [0.25, 0.3) is 16.8 Å². The maximum absolute atomic E-state index is 8.35. The molecule has 0 saturated carbocycles. The Hall–Kier alpha value is -2.87. The molecule has 2 aromatic rings. The monoisotopic (exact) mass is 314 g/mol. The molecule has 0 heterocycles. The second-order valence-electron chi connectivity index (χ2n) is 6.15. The predicted molar refractivity (Wildman–Crippen MR) is 103 cm³/mol. The van der Waals surface area contributed by atoms with Crippen molar-refractivity contribution >= 4 is 11.4 Å². The van der Waals surface area contributed by atoms with Crippen molar-refractivity contribution in [1.82, 2.24) is 0 Å². The van der Waals surface area contributed by atoms with Crippen molar-refractivity contribution in [3.05, 3.63) is 90.0 Å². The third-order valence-electron chi connectivity index (χ3n) is 4.35. The number of nitrogens with two attached hydrogens (primary N) is 1. The van der Waals surface area contributed by atoms with Crippen LogP contribution in [-0.4, -0.2) is 5.71 Å². The van der Waals surface area contributed by atoms with Crippen LogP contribution in [0.5, 0.6) is 0 Å². The summed E-state index contributed by atoms with van der Waals surface area (Å²) in [5.41, 5.74) is 11.7. The van der Waals surface area contributed by atoms with Crippen LogP contribution >= 0.6 is 0 Å². The zero-order valence-corrected chi connectivity index (χ0v) is 13.9. The second-order valence-corrected chi connectivity index (χ2v) is 6.15. The molecule has 0 bridgehead atoms. The van der Waals surface area contributed by atoms with Gasteiger partial charge < -0.3 is 11.1 Å². The highest BCUT2D eigenvalue weighted by molar-refractivity contribution is 6.10. The van der Waals surface area contributed by atoms with Gasteiger partial charge in [0, 0.05) is 5.70 Å². The minimum Gasteiger partial charge on any atom is -0.398 e. The lowest BCUT2D eigenvalue weighted by Gasteiger charge is -2.16. The van der Waals surface area contributed by atoms with Gasteiger partial charge in [0.2, 0.25) is 0 Å². The summed E-state index contributed by atoms with van der Waals surface area (Å²) in [6.07, 6.45) is 8.92. The first-order valence-electron chi connectivity index (χ1n) is 8.24. The summed E-state index contributed by atoms with van der Waals surface area (Å²) in [6.45, 7) is 2.14. The van der Waals surface area contributed by atoms with Crippen LogP contribution in [0.3, 0.4) is 0 Å². The van der Waals surface area contributed by atoms with E-state index < -0.39 is 0 Å². The number of hydrogen-bond acceptors (Lipinski definition) is 2. The Bertz CT molecular complexity index is 826. The molecule has 1 aliphatic rings. The van der Waals surface area contributed by atoms with E-state index in [4.69, 9.17) is 11.1 Å². The smallest absolute Gasteiger partial charge is 0.0595 e. The van der Waals surface area contributed by atoms with Crippen LogP contribution in [-0.2, 0) is 0 Å². The maximum Gasteiger partial charge on any atom is 0.0595 e. The van der Waals surface area contributed by atoms with Gasteiger partial charge >= 0.3 is 0 Å².